The number of Topliss-reactive ketones (excluding diaryl/α,β-unsaturated/α-hetero) is 1. The second kappa shape index (κ2) is 8.08. The van der Waals surface area contributed by atoms with Gasteiger partial charge in [0, 0.05) is 17.5 Å². The molecule has 27 heavy (non-hydrogen) atoms. The fraction of sp³-hybridized carbons (Fsp3) is 0.273. The quantitative estimate of drug-likeness (QED) is 0.460. The molecule has 0 aliphatic rings. The number of ether oxygens (including phenoxy) is 2. The van der Waals surface area contributed by atoms with Crippen LogP contribution in [-0.2, 0) is 6.42 Å². The highest BCUT2D eigenvalue weighted by Crippen LogP contribution is 2.25. The van der Waals surface area contributed by atoms with Crippen LogP contribution in [0.2, 0.25) is 0 Å². The number of rotatable bonds is 7. The number of hydrogen-bond donors (Lipinski definition) is 0. The number of hydrogen-bond acceptors (Lipinski definition) is 5. The fourth-order valence-corrected chi connectivity index (χ4v) is 3.04. The molecular formula is C22H22O5. The third-order valence-corrected chi connectivity index (χ3v) is 4.35. The molecular weight excluding hydrogens is 344 g/mol. The largest absolute Gasteiger partial charge is 0.496 e. The lowest BCUT2D eigenvalue weighted by molar-refractivity contribution is 0.0918. The summed E-state index contributed by atoms with van der Waals surface area (Å²) in [6.45, 7) is 3.84. The van der Waals surface area contributed by atoms with Gasteiger partial charge in [0.05, 0.1) is 12.7 Å². The Bertz CT molecular complexity index is 1030. The van der Waals surface area contributed by atoms with Crippen LogP contribution >= 0.6 is 0 Å². The van der Waals surface area contributed by atoms with Gasteiger partial charge in [0.15, 0.2) is 6.61 Å². The first kappa shape index (κ1) is 18.7. The Morgan fingerprint density at radius 1 is 1.11 bits per heavy atom. The van der Waals surface area contributed by atoms with Gasteiger partial charge in [-0.1, -0.05) is 25.0 Å². The summed E-state index contributed by atoms with van der Waals surface area (Å²) in [6, 6.07) is 12.2. The number of aryl methyl sites for hydroxylation is 2. The Morgan fingerprint density at radius 2 is 1.93 bits per heavy atom. The highest BCUT2D eigenvalue weighted by Gasteiger charge is 2.14. The van der Waals surface area contributed by atoms with E-state index >= 15 is 0 Å². The van der Waals surface area contributed by atoms with E-state index in [-0.39, 0.29) is 18.0 Å². The van der Waals surface area contributed by atoms with Crippen LogP contribution in [0, 0.1) is 6.92 Å². The first-order chi connectivity index (χ1) is 13.0. The van der Waals surface area contributed by atoms with E-state index in [0.29, 0.717) is 22.6 Å². The molecule has 0 N–H and O–H groups in total. The summed E-state index contributed by atoms with van der Waals surface area (Å²) in [5, 5.41) is 0.885. The van der Waals surface area contributed by atoms with E-state index in [1.807, 2.05) is 19.1 Å². The smallest absolute Gasteiger partial charge is 0.336 e. The van der Waals surface area contributed by atoms with Crippen molar-refractivity contribution in [1.82, 2.24) is 0 Å². The lowest BCUT2D eigenvalue weighted by Crippen LogP contribution is -2.13. The molecule has 0 aliphatic carbocycles. The third kappa shape index (κ3) is 4.19. The van der Waals surface area contributed by atoms with Crippen LogP contribution in [0.15, 0.2) is 51.7 Å². The molecule has 5 heteroatoms. The van der Waals surface area contributed by atoms with Gasteiger partial charge >= 0.3 is 5.63 Å². The van der Waals surface area contributed by atoms with E-state index in [4.69, 9.17) is 13.9 Å². The van der Waals surface area contributed by atoms with E-state index in [9.17, 15) is 9.59 Å². The molecule has 0 fully saturated rings. The summed E-state index contributed by atoms with van der Waals surface area (Å²) in [5.41, 5.74) is 2.48. The average Bonchev–Trinajstić information content (AvgIpc) is 2.65. The highest BCUT2D eigenvalue weighted by molar-refractivity contribution is 6.00. The predicted octanol–water partition coefficient (Wildman–Crippen LogP) is 4.32. The molecule has 0 bridgehead atoms. The van der Waals surface area contributed by atoms with Crippen LogP contribution in [0.5, 0.6) is 11.5 Å². The topological polar surface area (TPSA) is 65.7 Å². The van der Waals surface area contributed by atoms with Crippen LogP contribution in [0.3, 0.4) is 0 Å². The van der Waals surface area contributed by atoms with Gasteiger partial charge in [0.1, 0.15) is 17.1 Å². The van der Waals surface area contributed by atoms with E-state index in [2.05, 4.69) is 6.92 Å². The molecule has 1 aromatic heterocycles. The van der Waals surface area contributed by atoms with Crippen molar-refractivity contribution in [2.45, 2.75) is 26.7 Å². The van der Waals surface area contributed by atoms with Crippen molar-refractivity contribution in [2.75, 3.05) is 13.7 Å². The summed E-state index contributed by atoms with van der Waals surface area (Å²) < 4.78 is 16.2. The number of carbonyl (C=O) groups excluding carboxylic acids is 1. The maximum atomic E-state index is 12.5. The first-order valence-electron chi connectivity index (χ1n) is 8.89. The number of methoxy groups -OCH3 is 1. The lowest BCUT2D eigenvalue weighted by Gasteiger charge is -2.11. The van der Waals surface area contributed by atoms with Crippen LogP contribution in [0.4, 0.5) is 0 Å². The molecule has 0 saturated heterocycles. The van der Waals surface area contributed by atoms with Crippen molar-refractivity contribution in [3.63, 3.8) is 0 Å². The Kier molecular flexibility index (Phi) is 5.60. The van der Waals surface area contributed by atoms with Crippen molar-refractivity contribution in [1.29, 1.82) is 0 Å². The number of fused-ring (bicyclic) bond motifs is 1. The molecule has 0 saturated carbocycles. The first-order valence-corrected chi connectivity index (χ1v) is 8.89. The molecule has 0 aliphatic heterocycles. The normalized spacial score (nSPS) is 10.8. The minimum Gasteiger partial charge on any atom is -0.496 e. The minimum absolute atomic E-state index is 0.135. The van der Waals surface area contributed by atoms with Gasteiger partial charge < -0.3 is 13.9 Å². The van der Waals surface area contributed by atoms with Gasteiger partial charge in [-0.15, -0.1) is 0 Å². The van der Waals surface area contributed by atoms with Gasteiger partial charge in [-0.25, -0.2) is 4.79 Å². The maximum absolute atomic E-state index is 12.5. The molecule has 1 heterocycles. The monoisotopic (exact) mass is 366 g/mol. The lowest BCUT2D eigenvalue weighted by atomic mass is 10.1. The zero-order valence-electron chi connectivity index (χ0n) is 15.7. The van der Waals surface area contributed by atoms with Gasteiger partial charge in [0.2, 0.25) is 5.78 Å². The summed E-state index contributed by atoms with van der Waals surface area (Å²) in [6.07, 6.45) is 1.73. The minimum atomic E-state index is -0.385. The molecule has 2 aromatic carbocycles. The summed E-state index contributed by atoms with van der Waals surface area (Å²) >= 11 is 0. The van der Waals surface area contributed by atoms with Crippen LogP contribution in [-0.4, -0.2) is 19.5 Å². The Balaban J connectivity index is 1.82. The number of ketones is 1. The molecule has 5 nitrogen and oxygen atoms in total. The fourth-order valence-electron chi connectivity index (χ4n) is 3.04. The van der Waals surface area contributed by atoms with Gasteiger partial charge in [-0.05, 0) is 43.2 Å². The van der Waals surface area contributed by atoms with E-state index in [1.54, 1.807) is 24.3 Å². The average molecular weight is 366 g/mol. The van der Waals surface area contributed by atoms with Crippen LogP contribution < -0.4 is 15.1 Å². The van der Waals surface area contributed by atoms with Crippen LogP contribution in [0.1, 0.15) is 34.8 Å². The van der Waals surface area contributed by atoms with E-state index < -0.39 is 0 Å². The second-order valence-electron chi connectivity index (χ2n) is 6.41. The van der Waals surface area contributed by atoms with Crippen LogP contribution in [0.25, 0.3) is 11.0 Å². The molecule has 140 valence electrons. The molecule has 3 rings (SSSR count). The van der Waals surface area contributed by atoms with Gasteiger partial charge in [-0.3, -0.25) is 4.79 Å². The molecule has 0 unspecified atom stereocenters. The molecule has 0 radical (unpaired) electrons. The van der Waals surface area contributed by atoms with Crippen molar-refractivity contribution in [2.24, 2.45) is 0 Å². The Morgan fingerprint density at radius 3 is 2.67 bits per heavy atom. The number of carbonyl (C=O) groups is 1. The Hall–Kier alpha value is -3.08. The second-order valence-corrected chi connectivity index (χ2v) is 6.41. The van der Waals surface area contributed by atoms with Gasteiger partial charge in [-0.2, -0.15) is 0 Å². The van der Waals surface area contributed by atoms with E-state index in [0.717, 1.165) is 29.4 Å². The molecule has 3 aromatic rings. The van der Waals surface area contributed by atoms with Crippen molar-refractivity contribution in [3.8, 4) is 11.5 Å². The zero-order chi connectivity index (χ0) is 19.4. The maximum Gasteiger partial charge on any atom is 0.336 e. The van der Waals surface area contributed by atoms with Crippen molar-refractivity contribution >= 4 is 16.8 Å². The standard InChI is InChI=1S/C22H22O5/c1-4-5-15-11-22(24)27-21-12-16(7-8-17(15)21)26-13-19(23)18-10-14(2)6-9-20(18)25-3/h6-12H,4-5,13H2,1-3H3. The summed E-state index contributed by atoms with van der Waals surface area (Å²) in [7, 11) is 1.53. The molecule has 0 spiro atoms. The van der Waals surface area contributed by atoms with Gasteiger partial charge in [0.25, 0.3) is 0 Å². The number of benzene rings is 2. The zero-order valence-corrected chi connectivity index (χ0v) is 15.7. The predicted molar refractivity (Wildman–Crippen MR) is 104 cm³/mol. The summed E-state index contributed by atoms with van der Waals surface area (Å²) in [4.78, 5) is 24.3. The van der Waals surface area contributed by atoms with E-state index in [1.165, 1.54) is 13.2 Å². The molecule has 0 amide bonds. The summed E-state index contributed by atoms with van der Waals surface area (Å²) in [5.74, 6) is 0.805. The highest BCUT2D eigenvalue weighted by atomic mass is 16.5. The third-order valence-electron chi connectivity index (χ3n) is 4.35. The Labute approximate surface area is 157 Å². The SMILES string of the molecule is CCCc1cc(=O)oc2cc(OCC(=O)c3cc(C)ccc3OC)ccc12. The molecule has 0 atom stereocenters. The van der Waals surface area contributed by atoms with Crippen molar-refractivity contribution in [3.05, 3.63) is 69.6 Å². The van der Waals surface area contributed by atoms with Crippen molar-refractivity contribution < 1.29 is 18.7 Å².